The summed E-state index contributed by atoms with van der Waals surface area (Å²) in [7, 11) is 1.68. The van der Waals surface area contributed by atoms with E-state index < -0.39 is 0 Å². The Hall–Kier alpha value is -1.55. The average Bonchev–Trinajstić information content (AvgIpc) is 2.77. The SMILES string of the molecule is COC1CCN(C(=O)c2ccc(N)cc2)C1. The summed E-state index contributed by atoms with van der Waals surface area (Å²) in [5.41, 5.74) is 6.94. The number of hydrogen-bond donors (Lipinski definition) is 1. The Morgan fingerprint density at radius 2 is 2.12 bits per heavy atom. The van der Waals surface area contributed by atoms with Gasteiger partial charge in [-0.15, -0.1) is 0 Å². The topological polar surface area (TPSA) is 55.6 Å². The fourth-order valence-corrected chi connectivity index (χ4v) is 1.91. The van der Waals surface area contributed by atoms with Crippen molar-refractivity contribution in [1.29, 1.82) is 0 Å². The molecule has 1 fully saturated rings. The number of likely N-dealkylation sites (tertiary alicyclic amines) is 1. The standard InChI is InChI=1S/C12H16N2O2/c1-16-11-6-7-14(8-11)12(15)9-2-4-10(13)5-3-9/h2-5,11H,6-8,13H2,1H3. The van der Waals surface area contributed by atoms with Crippen LogP contribution in [0.25, 0.3) is 0 Å². The van der Waals surface area contributed by atoms with E-state index in [1.54, 1.807) is 31.4 Å². The lowest BCUT2D eigenvalue weighted by Crippen LogP contribution is -2.29. The number of rotatable bonds is 2. The van der Waals surface area contributed by atoms with Crippen LogP contribution in [0.15, 0.2) is 24.3 Å². The van der Waals surface area contributed by atoms with Gasteiger partial charge in [-0.1, -0.05) is 0 Å². The van der Waals surface area contributed by atoms with Gasteiger partial charge in [-0.3, -0.25) is 4.79 Å². The lowest BCUT2D eigenvalue weighted by Gasteiger charge is -2.16. The molecule has 1 aromatic carbocycles. The van der Waals surface area contributed by atoms with Crippen LogP contribution >= 0.6 is 0 Å². The van der Waals surface area contributed by atoms with E-state index in [0.717, 1.165) is 13.0 Å². The van der Waals surface area contributed by atoms with E-state index in [9.17, 15) is 4.79 Å². The highest BCUT2D eigenvalue weighted by Crippen LogP contribution is 2.16. The first-order chi connectivity index (χ1) is 7.70. The Morgan fingerprint density at radius 3 is 2.69 bits per heavy atom. The van der Waals surface area contributed by atoms with Gasteiger partial charge in [-0.2, -0.15) is 0 Å². The molecule has 1 aliphatic rings. The Bertz CT molecular complexity index is 375. The molecule has 1 amide bonds. The lowest BCUT2D eigenvalue weighted by atomic mass is 10.2. The molecule has 1 atom stereocenters. The molecule has 1 aromatic rings. The predicted molar refractivity (Wildman–Crippen MR) is 62.2 cm³/mol. The summed E-state index contributed by atoms with van der Waals surface area (Å²) < 4.78 is 5.23. The maximum absolute atomic E-state index is 12.0. The van der Waals surface area contributed by atoms with E-state index in [1.807, 2.05) is 4.90 Å². The van der Waals surface area contributed by atoms with Crippen molar-refractivity contribution in [2.75, 3.05) is 25.9 Å². The third-order valence-electron chi connectivity index (χ3n) is 2.92. The summed E-state index contributed by atoms with van der Waals surface area (Å²) in [5, 5.41) is 0. The second-order valence-electron chi connectivity index (χ2n) is 4.02. The van der Waals surface area contributed by atoms with Crippen molar-refractivity contribution in [2.24, 2.45) is 0 Å². The molecule has 0 radical (unpaired) electrons. The second-order valence-corrected chi connectivity index (χ2v) is 4.02. The normalized spacial score (nSPS) is 20.1. The minimum absolute atomic E-state index is 0.0551. The number of ether oxygens (including phenoxy) is 1. The van der Waals surface area contributed by atoms with Crippen molar-refractivity contribution >= 4 is 11.6 Å². The monoisotopic (exact) mass is 220 g/mol. The molecule has 1 heterocycles. The molecular formula is C12H16N2O2. The van der Waals surface area contributed by atoms with Gasteiger partial charge < -0.3 is 15.4 Å². The number of anilines is 1. The maximum Gasteiger partial charge on any atom is 0.253 e. The fourth-order valence-electron chi connectivity index (χ4n) is 1.91. The number of hydrogen-bond acceptors (Lipinski definition) is 3. The van der Waals surface area contributed by atoms with Gasteiger partial charge in [0.1, 0.15) is 0 Å². The van der Waals surface area contributed by atoms with Gasteiger partial charge in [0.25, 0.3) is 5.91 Å². The van der Waals surface area contributed by atoms with Crippen molar-refractivity contribution in [3.05, 3.63) is 29.8 Å². The van der Waals surface area contributed by atoms with Crippen molar-refractivity contribution in [3.63, 3.8) is 0 Å². The Balaban J connectivity index is 2.05. The van der Waals surface area contributed by atoms with Gasteiger partial charge in [0, 0.05) is 31.5 Å². The molecule has 0 saturated carbocycles. The van der Waals surface area contributed by atoms with Gasteiger partial charge in [-0.25, -0.2) is 0 Å². The second kappa shape index (κ2) is 4.53. The van der Waals surface area contributed by atoms with Crippen LogP contribution in [-0.2, 0) is 4.74 Å². The molecule has 1 saturated heterocycles. The third-order valence-corrected chi connectivity index (χ3v) is 2.92. The Labute approximate surface area is 95.0 Å². The van der Waals surface area contributed by atoms with Crippen LogP contribution in [0.4, 0.5) is 5.69 Å². The summed E-state index contributed by atoms with van der Waals surface area (Å²) in [6.45, 7) is 1.45. The number of methoxy groups -OCH3 is 1. The first kappa shape index (κ1) is 11.0. The summed E-state index contributed by atoms with van der Waals surface area (Å²) in [6.07, 6.45) is 1.09. The number of nitrogen functional groups attached to an aromatic ring is 1. The van der Waals surface area contributed by atoms with Gasteiger partial charge >= 0.3 is 0 Å². The minimum atomic E-state index is 0.0551. The molecule has 0 aliphatic carbocycles. The van der Waals surface area contributed by atoms with Crippen LogP contribution in [0.2, 0.25) is 0 Å². The molecule has 2 N–H and O–H groups in total. The molecule has 1 aliphatic heterocycles. The molecule has 0 aromatic heterocycles. The zero-order valence-electron chi connectivity index (χ0n) is 9.35. The molecular weight excluding hydrogens is 204 g/mol. The molecule has 4 nitrogen and oxygen atoms in total. The van der Waals surface area contributed by atoms with E-state index >= 15 is 0 Å². The van der Waals surface area contributed by atoms with E-state index in [2.05, 4.69) is 0 Å². The van der Waals surface area contributed by atoms with Crippen LogP contribution < -0.4 is 5.73 Å². The molecule has 86 valence electrons. The molecule has 0 spiro atoms. The number of nitrogens with two attached hydrogens (primary N) is 1. The van der Waals surface area contributed by atoms with Crippen LogP contribution in [0.1, 0.15) is 16.8 Å². The fraction of sp³-hybridized carbons (Fsp3) is 0.417. The molecule has 2 rings (SSSR count). The summed E-state index contributed by atoms with van der Waals surface area (Å²) in [6, 6.07) is 7.02. The lowest BCUT2D eigenvalue weighted by molar-refractivity contribution is 0.0724. The van der Waals surface area contributed by atoms with Gasteiger partial charge in [-0.05, 0) is 30.7 Å². The molecule has 0 bridgehead atoms. The first-order valence-electron chi connectivity index (χ1n) is 5.38. The zero-order chi connectivity index (χ0) is 11.5. The third kappa shape index (κ3) is 2.17. The highest BCUT2D eigenvalue weighted by atomic mass is 16.5. The highest BCUT2D eigenvalue weighted by Gasteiger charge is 2.26. The van der Waals surface area contributed by atoms with Crippen LogP contribution in [0.5, 0.6) is 0 Å². The van der Waals surface area contributed by atoms with E-state index in [1.165, 1.54) is 0 Å². The number of amides is 1. The van der Waals surface area contributed by atoms with Gasteiger partial charge in [0.2, 0.25) is 0 Å². The number of carbonyl (C=O) groups is 1. The predicted octanol–water partition coefficient (Wildman–Crippen LogP) is 1.13. The molecule has 1 unspecified atom stereocenters. The summed E-state index contributed by atoms with van der Waals surface area (Å²) in [5.74, 6) is 0.0551. The minimum Gasteiger partial charge on any atom is -0.399 e. The Morgan fingerprint density at radius 1 is 1.44 bits per heavy atom. The molecule has 16 heavy (non-hydrogen) atoms. The summed E-state index contributed by atoms with van der Waals surface area (Å²) in [4.78, 5) is 13.9. The number of carbonyl (C=O) groups excluding carboxylic acids is 1. The smallest absolute Gasteiger partial charge is 0.253 e. The maximum atomic E-state index is 12.0. The van der Waals surface area contributed by atoms with Crippen molar-refractivity contribution in [2.45, 2.75) is 12.5 Å². The van der Waals surface area contributed by atoms with Crippen LogP contribution in [0, 0.1) is 0 Å². The van der Waals surface area contributed by atoms with Crippen molar-refractivity contribution in [3.8, 4) is 0 Å². The molecule has 4 heteroatoms. The van der Waals surface area contributed by atoms with E-state index in [4.69, 9.17) is 10.5 Å². The number of nitrogens with zero attached hydrogens (tertiary/aromatic N) is 1. The van der Waals surface area contributed by atoms with Crippen molar-refractivity contribution < 1.29 is 9.53 Å². The van der Waals surface area contributed by atoms with Crippen molar-refractivity contribution in [1.82, 2.24) is 4.90 Å². The quantitative estimate of drug-likeness (QED) is 0.760. The summed E-state index contributed by atoms with van der Waals surface area (Å²) >= 11 is 0. The van der Waals surface area contributed by atoms with Gasteiger partial charge in [0.15, 0.2) is 0 Å². The van der Waals surface area contributed by atoms with Gasteiger partial charge in [0.05, 0.1) is 6.10 Å². The van der Waals surface area contributed by atoms with E-state index in [0.29, 0.717) is 17.8 Å². The van der Waals surface area contributed by atoms with Crippen LogP contribution in [0.3, 0.4) is 0 Å². The first-order valence-corrected chi connectivity index (χ1v) is 5.38. The number of benzene rings is 1. The van der Waals surface area contributed by atoms with Crippen LogP contribution in [-0.4, -0.2) is 37.1 Å². The van der Waals surface area contributed by atoms with E-state index in [-0.39, 0.29) is 12.0 Å². The average molecular weight is 220 g/mol. The largest absolute Gasteiger partial charge is 0.399 e. The highest BCUT2D eigenvalue weighted by molar-refractivity contribution is 5.94. The zero-order valence-corrected chi connectivity index (χ0v) is 9.35. The Kier molecular flexibility index (Phi) is 3.10.